The zero-order chi connectivity index (χ0) is 14.1. The average molecular weight is 264 g/mol. The maximum absolute atomic E-state index is 11.8. The molecule has 0 radical (unpaired) electrons. The van der Waals surface area contributed by atoms with Crippen LogP contribution in [0.4, 0.5) is 5.69 Å². The molecule has 1 rings (SSSR count). The van der Waals surface area contributed by atoms with E-state index in [4.69, 9.17) is 10.5 Å². The Morgan fingerprint density at radius 2 is 2.11 bits per heavy atom. The lowest BCUT2D eigenvalue weighted by Gasteiger charge is -2.11. The van der Waals surface area contributed by atoms with Gasteiger partial charge in [0.2, 0.25) is 5.91 Å². The van der Waals surface area contributed by atoms with Gasteiger partial charge in [0.1, 0.15) is 5.75 Å². The van der Waals surface area contributed by atoms with Crippen molar-refractivity contribution >= 4 is 11.6 Å². The Balaban J connectivity index is 2.53. The summed E-state index contributed by atoms with van der Waals surface area (Å²) < 4.78 is 5.26. The van der Waals surface area contributed by atoms with Crippen LogP contribution in [0.3, 0.4) is 0 Å². The number of amides is 1. The molecule has 0 saturated heterocycles. The summed E-state index contributed by atoms with van der Waals surface area (Å²) in [6, 6.07) is 5.59. The van der Waals surface area contributed by atoms with Gasteiger partial charge < -0.3 is 15.8 Å². The normalized spacial score (nSPS) is 10.3. The third kappa shape index (κ3) is 5.30. The van der Waals surface area contributed by atoms with Crippen LogP contribution in [0.15, 0.2) is 18.2 Å². The van der Waals surface area contributed by atoms with Crippen LogP contribution in [-0.4, -0.2) is 13.0 Å². The SMILES string of the molecule is CCCCCCC(=O)Nc1ccc(CN)cc1OC. The van der Waals surface area contributed by atoms with Crippen LogP contribution in [0, 0.1) is 0 Å². The Morgan fingerprint density at radius 3 is 2.74 bits per heavy atom. The zero-order valence-electron chi connectivity index (χ0n) is 11.9. The second kappa shape index (κ2) is 8.53. The number of hydrogen-bond donors (Lipinski definition) is 2. The molecule has 3 N–H and O–H groups in total. The van der Waals surface area contributed by atoms with E-state index in [0.29, 0.717) is 24.4 Å². The predicted molar refractivity (Wildman–Crippen MR) is 78.3 cm³/mol. The van der Waals surface area contributed by atoms with E-state index < -0.39 is 0 Å². The minimum Gasteiger partial charge on any atom is -0.495 e. The van der Waals surface area contributed by atoms with Crippen LogP contribution in [-0.2, 0) is 11.3 Å². The first kappa shape index (κ1) is 15.5. The van der Waals surface area contributed by atoms with Crippen LogP contribution >= 0.6 is 0 Å². The van der Waals surface area contributed by atoms with Gasteiger partial charge >= 0.3 is 0 Å². The van der Waals surface area contributed by atoms with Crippen molar-refractivity contribution in [2.75, 3.05) is 12.4 Å². The molecule has 0 bridgehead atoms. The predicted octanol–water partition coefficient (Wildman–Crippen LogP) is 3.06. The molecule has 0 atom stereocenters. The van der Waals surface area contributed by atoms with Gasteiger partial charge in [0.15, 0.2) is 0 Å². The Kier molecular flexibility index (Phi) is 6.97. The minimum absolute atomic E-state index is 0.0369. The Hall–Kier alpha value is -1.55. The number of carbonyl (C=O) groups is 1. The molecular weight excluding hydrogens is 240 g/mol. The van der Waals surface area contributed by atoms with Gasteiger partial charge in [0.05, 0.1) is 12.8 Å². The molecule has 0 aromatic heterocycles. The fourth-order valence-electron chi connectivity index (χ4n) is 1.89. The summed E-state index contributed by atoms with van der Waals surface area (Å²) >= 11 is 0. The van der Waals surface area contributed by atoms with E-state index in [0.717, 1.165) is 18.4 Å². The fraction of sp³-hybridized carbons (Fsp3) is 0.533. The summed E-state index contributed by atoms with van der Waals surface area (Å²) in [4.78, 5) is 11.8. The number of rotatable bonds is 8. The summed E-state index contributed by atoms with van der Waals surface area (Å²) in [5.74, 6) is 0.694. The molecule has 0 fully saturated rings. The standard InChI is InChI=1S/C15H24N2O2/c1-3-4-5-6-7-15(18)17-13-9-8-12(11-16)10-14(13)19-2/h8-10H,3-7,11,16H2,1-2H3,(H,17,18). The van der Waals surface area contributed by atoms with Crippen LogP contribution in [0.5, 0.6) is 5.75 Å². The van der Waals surface area contributed by atoms with Crippen LogP contribution in [0.2, 0.25) is 0 Å². The molecule has 1 aromatic carbocycles. The summed E-state index contributed by atoms with van der Waals surface area (Å²) in [5.41, 5.74) is 7.27. The van der Waals surface area contributed by atoms with Crippen molar-refractivity contribution in [3.05, 3.63) is 23.8 Å². The van der Waals surface area contributed by atoms with E-state index in [1.165, 1.54) is 12.8 Å². The van der Waals surface area contributed by atoms with E-state index in [-0.39, 0.29) is 5.91 Å². The quantitative estimate of drug-likeness (QED) is 0.709. The van der Waals surface area contributed by atoms with Gasteiger partial charge in [-0.1, -0.05) is 32.3 Å². The molecule has 0 aliphatic heterocycles. The Labute approximate surface area is 115 Å². The summed E-state index contributed by atoms with van der Waals surface area (Å²) in [5, 5.41) is 2.88. The number of methoxy groups -OCH3 is 1. The van der Waals surface area contributed by atoms with E-state index in [9.17, 15) is 4.79 Å². The zero-order valence-corrected chi connectivity index (χ0v) is 11.9. The lowest BCUT2D eigenvalue weighted by molar-refractivity contribution is -0.116. The van der Waals surface area contributed by atoms with Crippen molar-refractivity contribution in [3.8, 4) is 5.75 Å². The summed E-state index contributed by atoms with van der Waals surface area (Å²) in [6.07, 6.45) is 4.95. The number of ether oxygens (including phenoxy) is 1. The van der Waals surface area contributed by atoms with E-state index >= 15 is 0 Å². The van der Waals surface area contributed by atoms with Gasteiger partial charge in [-0.2, -0.15) is 0 Å². The number of nitrogens with two attached hydrogens (primary N) is 1. The van der Waals surface area contributed by atoms with Crippen molar-refractivity contribution in [3.63, 3.8) is 0 Å². The fourth-order valence-corrected chi connectivity index (χ4v) is 1.89. The number of anilines is 1. The van der Waals surface area contributed by atoms with E-state index in [2.05, 4.69) is 12.2 Å². The van der Waals surface area contributed by atoms with E-state index in [1.54, 1.807) is 7.11 Å². The summed E-state index contributed by atoms with van der Waals surface area (Å²) in [6.45, 7) is 2.62. The highest BCUT2D eigenvalue weighted by molar-refractivity contribution is 5.92. The second-order valence-corrected chi connectivity index (χ2v) is 4.60. The first-order valence-electron chi connectivity index (χ1n) is 6.88. The third-order valence-corrected chi connectivity index (χ3v) is 3.03. The van der Waals surface area contributed by atoms with Gasteiger partial charge in [0, 0.05) is 13.0 Å². The number of unbranched alkanes of at least 4 members (excludes halogenated alkanes) is 3. The van der Waals surface area contributed by atoms with Crippen molar-refractivity contribution in [2.24, 2.45) is 5.73 Å². The number of carbonyl (C=O) groups excluding carboxylic acids is 1. The van der Waals surface area contributed by atoms with Gasteiger partial charge in [0.25, 0.3) is 0 Å². The average Bonchev–Trinajstić information content (AvgIpc) is 2.44. The number of nitrogens with one attached hydrogen (secondary N) is 1. The maximum atomic E-state index is 11.8. The molecule has 1 amide bonds. The maximum Gasteiger partial charge on any atom is 0.224 e. The third-order valence-electron chi connectivity index (χ3n) is 3.03. The van der Waals surface area contributed by atoms with Crippen LogP contribution < -0.4 is 15.8 Å². The van der Waals surface area contributed by atoms with Gasteiger partial charge in [-0.15, -0.1) is 0 Å². The van der Waals surface area contributed by atoms with Crippen LogP contribution in [0.1, 0.15) is 44.6 Å². The van der Waals surface area contributed by atoms with Crippen molar-refractivity contribution < 1.29 is 9.53 Å². The van der Waals surface area contributed by atoms with Gasteiger partial charge in [-0.05, 0) is 24.1 Å². The molecule has 4 heteroatoms. The topological polar surface area (TPSA) is 64.4 Å². The van der Waals surface area contributed by atoms with Crippen LogP contribution in [0.25, 0.3) is 0 Å². The first-order chi connectivity index (χ1) is 9.21. The molecule has 0 unspecified atom stereocenters. The number of hydrogen-bond acceptors (Lipinski definition) is 3. The first-order valence-corrected chi connectivity index (χ1v) is 6.88. The molecular formula is C15H24N2O2. The molecule has 0 saturated carbocycles. The second-order valence-electron chi connectivity index (χ2n) is 4.60. The molecule has 0 aliphatic carbocycles. The minimum atomic E-state index is 0.0369. The highest BCUT2D eigenvalue weighted by Gasteiger charge is 2.08. The molecule has 106 valence electrons. The molecule has 0 heterocycles. The Morgan fingerprint density at radius 1 is 1.32 bits per heavy atom. The van der Waals surface area contributed by atoms with Gasteiger partial charge in [-0.25, -0.2) is 0 Å². The van der Waals surface area contributed by atoms with Crippen molar-refractivity contribution in [1.82, 2.24) is 0 Å². The lowest BCUT2D eigenvalue weighted by Crippen LogP contribution is -2.12. The molecule has 0 spiro atoms. The van der Waals surface area contributed by atoms with E-state index in [1.807, 2.05) is 18.2 Å². The summed E-state index contributed by atoms with van der Waals surface area (Å²) in [7, 11) is 1.59. The molecule has 19 heavy (non-hydrogen) atoms. The largest absolute Gasteiger partial charge is 0.495 e. The highest BCUT2D eigenvalue weighted by Crippen LogP contribution is 2.25. The number of benzene rings is 1. The lowest BCUT2D eigenvalue weighted by atomic mass is 10.1. The Bertz CT molecular complexity index is 405. The van der Waals surface area contributed by atoms with Crippen molar-refractivity contribution in [1.29, 1.82) is 0 Å². The molecule has 1 aromatic rings. The van der Waals surface area contributed by atoms with Gasteiger partial charge in [-0.3, -0.25) is 4.79 Å². The molecule has 0 aliphatic rings. The highest BCUT2D eigenvalue weighted by atomic mass is 16.5. The monoisotopic (exact) mass is 264 g/mol. The molecule has 4 nitrogen and oxygen atoms in total. The smallest absolute Gasteiger partial charge is 0.224 e. The van der Waals surface area contributed by atoms with Crippen molar-refractivity contribution in [2.45, 2.75) is 45.6 Å².